The molecule has 4 nitrogen and oxygen atoms in total. The summed E-state index contributed by atoms with van der Waals surface area (Å²) in [5.41, 5.74) is 3.29. The molecule has 1 spiro atoms. The maximum Gasteiger partial charge on any atom is 0.174 e. The number of ether oxygens (including phenoxy) is 2. The molecule has 2 aliphatic heterocycles. The molecule has 0 aromatic heterocycles. The number of ketones is 1. The second-order valence-corrected chi connectivity index (χ2v) is 9.01. The highest BCUT2D eigenvalue weighted by molar-refractivity contribution is 5.89. The summed E-state index contributed by atoms with van der Waals surface area (Å²) in [4.78, 5) is 13.0. The van der Waals surface area contributed by atoms with E-state index in [1.165, 1.54) is 16.7 Å². The number of aryl methyl sites for hydroxylation is 1. The van der Waals surface area contributed by atoms with Crippen molar-refractivity contribution >= 4 is 5.78 Å². The van der Waals surface area contributed by atoms with E-state index in [1.807, 2.05) is 6.07 Å². The number of piperidine rings is 1. The highest BCUT2D eigenvalue weighted by Crippen LogP contribution is 2.63. The van der Waals surface area contributed by atoms with Gasteiger partial charge in [0.25, 0.3) is 0 Å². The Kier molecular flexibility index (Phi) is 3.91. The normalized spacial score (nSPS) is 33.9. The Morgan fingerprint density at radius 3 is 2.90 bits per heavy atom. The zero-order chi connectivity index (χ0) is 19.5. The van der Waals surface area contributed by atoms with Crippen molar-refractivity contribution in [3.63, 3.8) is 0 Å². The average Bonchev–Trinajstić information content (AvgIpc) is 3.08. The zero-order valence-electron chi connectivity index (χ0n) is 16.7. The average molecular weight is 389 g/mol. The van der Waals surface area contributed by atoms with Gasteiger partial charge in [0.2, 0.25) is 0 Å². The van der Waals surface area contributed by atoms with Crippen LogP contribution < -0.4 is 10.1 Å². The van der Waals surface area contributed by atoms with Gasteiger partial charge in [-0.15, -0.1) is 0 Å². The molecular weight excluding hydrogens is 362 g/mol. The van der Waals surface area contributed by atoms with Gasteiger partial charge in [-0.05, 0) is 55.8 Å². The Hall–Kier alpha value is -2.17. The lowest BCUT2D eigenvalue weighted by Gasteiger charge is -2.61. The van der Waals surface area contributed by atoms with Crippen molar-refractivity contribution in [1.82, 2.24) is 5.32 Å². The van der Waals surface area contributed by atoms with Crippen LogP contribution in [0, 0.1) is 0 Å². The van der Waals surface area contributed by atoms with Gasteiger partial charge in [0.1, 0.15) is 5.75 Å². The Labute approximate surface area is 171 Å². The van der Waals surface area contributed by atoms with Crippen LogP contribution in [0.2, 0.25) is 0 Å². The molecule has 1 saturated carbocycles. The summed E-state index contributed by atoms with van der Waals surface area (Å²) in [5, 5.41) is 3.75. The SMILES string of the molecule is O=C1CC[C@@]2(OCCCc3ccccc3)C3Cc4cccc5c4[C@@]2(CCN3)[C@H]1O5. The molecule has 0 radical (unpaired) electrons. The van der Waals surface area contributed by atoms with Gasteiger partial charge >= 0.3 is 0 Å². The van der Waals surface area contributed by atoms with Crippen LogP contribution in [0.5, 0.6) is 5.75 Å². The van der Waals surface area contributed by atoms with Crippen molar-refractivity contribution in [2.24, 2.45) is 0 Å². The van der Waals surface area contributed by atoms with Crippen molar-refractivity contribution in [1.29, 1.82) is 0 Å². The lowest BCUT2D eigenvalue weighted by molar-refractivity contribution is -0.189. The third kappa shape index (κ3) is 2.30. The molecular formula is C25H27NO3. The van der Waals surface area contributed by atoms with Crippen LogP contribution >= 0.6 is 0 Å². The summed E-state index contributed by atoms with van der Waals surface area (Å²) in [5.74, 6) is 1.17. The summed E-state index contributed by atoms with van der Waals surface area (Å²) in [7, 11) is 0. The molecule has 1 saturated heterocycles. The molecule has 2 fully saturated rings. The Bertz CT molecular complexity index is 958. The maximum atomic E-state index is 13.0. The van der Waals surface area contributed by atoms with Crippen molar-refractivity contribution in [2.45, 2.75) is 61.7 Å². The minimum atomic E-state index is -0.383. The van der Waals surface area contributed by atoms with Crippen molar-refractivity contribution in [3.05, 3.63) is 65.2 Å². The van der Waals surface area contributed by atoms with Gasteiger partial charge in [-0.3, -0.25) is 4.79 Å². The predicted octanol–water partition coefficient (Wildman–Crippen LogP) is 3.35. The van der Waals surface area contributed by atoms with Gasteiger partial charge in [-0.1, -0.05) is 42.5 Å². The second-order valence-electron chi connectivity index (χ2n) is 9.01. The molecule has 2 aliphatic carbocycles. The largest absolute Gasteiger partial charge is 0.481 e. The first-order valence-electron chi connectivity index (χ1n) is 11.0. The molecule has 4 aliphatic rings. The molecule has 150 valence electrons. The van der Waals surface area contributed by atoms with E-state index >= 15 is 0 Å². The Morgan fingerprint density at radius 1 is 1.10 bits per heavy atom. The first-order chi connectivity index (χ1) is 14.2. The fraction of sp³-hybridized carbons (Fsp3) is 0.480. The molecule has 2 aromatic rings. The molecule has 2 bridgehead atoms. The number of benzene rings is 2. The fourth-order valence-corrected chi connectivity index (χ4v) is 6.64. The minimum absolute atomic E-state index is 0.244. The Morgan fingerprint density at radius 2 is 2.00 bits per heavy atom. The van der Waals surface area contributed by atoms with E-state index in [0.29, 0.717) is 13.0 Å². The number of hydrogen-bond donors (Lipinski definition) is 1. The standard InChI is InChI=1S/C25H27NO3/c27-19-11-12-25(28-15-5-8-17-6-2-1-3-7-17)21-16-18-9-4-10-20-22(18)24(25,13-14-26-21)23(19)29-20/h1-4,6-7,9-10,21,23,26H,5,8,11-16H2/t21?,23-,24-,25+/m0/s1. The lowest BCUT2D eigenvalue weighted by Crippen LogP contribution is -2.77. The highest BCUT2D eigenvalue weighted by atomic mass is 16.5. The van der Waals surface area contributed by atoms with Gasteiger partial charge in [0.15, 0.2) is 11.9 Å². The maximum absolute atomic E-state index is 13.0. The van der Waals surface area contributed by atoms with Gasteiger partial charge in [0, 0.05) is 24.6 Å². The van der Waals surface area contributed by atoms with Crippen molar-refractivity contribution < 1.29 is 14.3 Å². The molecule has 2 heterocycles. The Balaban J connectivity index is 1.35. The summed E-state index contributed by atoms with van der Waals surface area (Å²) in [6.45, 7) is 1.63. The molecule has 2 aromatic carbocycles. The van der Waals surface area contributed by atoms with E-state index < -0.39 is 0 Å². The van der Waals surface area contributed by atoms with Crippen molar-refractivity contribution in [2.75, 3.05) is 13.2 Å². The van der Waals surface area contributed by atoms with E-state index in [2.05, 4.69) is 47.8 Å². The monoisotopic (exact) mass is 389 g/mol. The predicted molar refractivity (Wildman–Crippen MR) is 110 cm³/mol. The van der Waals surface area contributed by atoms with E-state index in [0.717, 1.165) is 44.4 Å². The number of rotatable bonds is 5. The number of hydrogen-bond acceptors (Lipinski definition) is 4. The fourth-order valence-electron chi connectivity index (χ4n) is 6.64. The van der Waals surface area contributed by atoms with Crippen LogP contribution in [0.3, 0.4) is 0 Å². The van der Waals surface area contributed by atoms with Gasteiger partial charge in [0.05, 0.1) is 11.0 Å². The summed E-state index contributed by atoms with van der Waals surface area (Å²) in [6.07, 6.45) is 4.82. The van der Waals surface area contributed by atoms with Crippen LogP contribution in [-0.2, 0) is 27.8 Å². The summed E-state index contributed by atoms with van der Waals surface area (Å²) < 4.78 is 13.2. The molecule has 4 atom stereocenters. The molecule has 1 N–H and O–H groups in total. The van der Waals surface area contributed by atoms with Crippen LogP contribution in [-0.4, -0.2) is 36.7 Å². The van der Waals surface area contributed by atoms with Crippen LogP contribution in [0.25, 0.3) is 0 Å². The van der Waals surface area contributed by atoms with E-state index in [-0.39, 0.29) is 28.9 Å². The number of carbonyl (C=O) groups excluding carboxylic acids is 1. The summed E-state index contributed by atoms with van der Waals surface area (Å²) >= 11 is 0. The number of carbonyl (C=O) groups is 1. The first-order valence-corrected chi connectivity index (χ1v) is 11.0. The first kappa shape index (κ1) is 17.7. The quantitative estimate of drug-likeness (QED) is 0.797. The van der Waals surface area contributed by atoms with Gasteiger partial charge < -0.3 is 14.8 Å². The third-order valence-corrected chi connectivity index (χ3v) is 7.75. The van der Waals surface area contributed by atoms with Crippen LogP contribution in [0.15, 0.2) is 48.5 Å². The molecule has 0 amide bonds. The topological polar surface area (TPSA) is 47.6 Å². The third-order valence-electron chi connectivity index (χ3n) is 7.75. The number of nitrogens with one attached hydrogen (secondary N) is 1. The van der Waals surface area contributed by atoms with Crippen molar-refractivity contribution in [3.8, 4) is 5.75 Å². The molecule has 1 unspecified atom stereocenters. The van der Waals surface area contributed by atoms with E-state index in [1.54, 1.807) is 0 Å². The van der Waals surface area contributed by atoms with Gasteiger partial charge in [-0.2, -0.15) is 0 Å². The number of Topliss-reactive ketones (excluding diaryl/α,β-unsaturated/α-hetero) is 1. The van der Waals surface area contributed by atoms with Crippen LogP contribution in [0.1, 0.15) is 42.4 Å². The summed E-state index contributed by atoms with van der Waals surface area (Å²) in [6, 6.07) is 17.2. The highest BCUT2D eigenvalue weighted by Gasteiger charge is 2.72. The molecule has 4 heteroatoms. The smallest absolute Gasteiger partial charge is 0.174 e. The van der Waals surface area contributed by atoms with Gasteiger partial charge in [-0.25, -0.2) is 0 Å². The molecule has 6 rings (SSSR count). The van der Waals surface area contributed by atoms with E-state index in [9.17, 15) is 4.79 Å². The van der Waals surface area contributed by atoms with E-state index in [4.69, 9.17) is 9.47 Å². The molecule has 29 heavy (non-hydrogen) atoms. The zero-order valence-corrected chi connectivity index (χ0v) is 16.7. The van der Waals surface area contributed by atoms with Crippen LogP contribution in [0.4, 0.5) is 0 Å². The lowest BCUT2D eigenvalue weighted by atomic mass is 9.49. The minimum Gasteiger partial charge on any atom is -0.481 e. The second kappa shape index (κ2) is 6.41.